The summed E-state index contributed by atoms with van der Waals surface area (Å²) in [6.45, 7) is 10.7. The van der Waals surface area contributed by atoms with Gasteiger partial charge in [0.15, 0.2) is 5.96 Å². The van der Waals surface area contributed by atoms with Crippen LogP contribution in [0, 0.1) is 6.92 Å². The van der Waals surface area contributed by atoms with Crippen LogP contribution in [0.5, 0.6) is 0 Å². The van der Waals surface area contributed by atoms with E-state index in [0.29, 0.717) is 0 Å². The van der Waals surface area contributed by atoms with Crippen molar-refractivity contribution < 1.29 is 0 Å². The minimum atomic E-state index is 0. The normalized spacial score (nSPS) is 15.3. The molecule has 7 heteroatoms. The monoisotopic (exact) mass is 465 g/mol. The number of likely N-dealkylation sites (tertiary alicyclic amines) is 1. The predicted molar refractivity (Wildman–Crippen MR) is 115 cm³/mol. The zero-order chi connectivity index (χ0) is 16.3. The molecule has 2 N–H and O–H groups in total. The third kappa shape index (κ3) is 8.62. The molecule has 5 nitrogen and oxygen atoms in total. The number of hydrogen-bond acceptors (Lipinski definition) is 4. The molecule has 0 atom stereocenters. The van der Waals surface area contributed by atoms with Crippen LogP contribution in [0.1, 0.15) is 42.5 Å². The molecule has 2 heterocycles. The smallest absolute Gasteiger partial charge is 0.191 e. The Kier molecular flexibility index (Phi) is 11.6. The Morgan fingerprint density at radius 1 is 1.29 bits per heavy atom. The van der Waals surface area contributed by atoms with Gasteiger partial charge in [-0.3, -0.25) is 4.99 Å². The van der Waals surface area contributed by atoms with E-state index in [4.69, 9.17) is 0 Å². The van der Waals surface area contributed by atoms with Crippen molar-refractivity contribution in [3.8, 4) is 0 Å². The van der Waals surface area contributed by atoms with Crippen molar-refractivity contribution in [3.63, 3.8) is 0 Å². The fraction of sp³-hybridized carbons (Fsp3) is 0.765. The molecule has 0 spiro atoms. The maximum absolute atomic E-state index is 4.67. The second-order valence-corrected chi connectivity index (χ2v) is 7.38. The van der Waals surface area contributed by atoms with E-state index < -0.39 is 0 Å². The number of nitrogens with zero attached hydrogens (tertiary/aromatic N) is 3. The zero-order valence-corrected chi connectivity index (χ0v) is 18.2. The van der Waals surface area contributed by atoms with E-state index >= 15 is 0 Å². The molecule has 1 aliphatic heterocycles. The average Bonchev–Trinajstić information content (AvgIpc) is 3.19. The lowest BCUT2D eigenvalue weighted by molar-refractivity contribution is 0.331. The lowest BCUT2D eigenvalue weighted by Crippen LogP contribution is -2.38. The fourth-order valence-corrected chi connectivity index (χ4v) is 3.58. The lowest BCUT2D eigenvalue weighted by Gasteiger charge is -2.14. The summed E-state index contributed by atoms with van der Waals surface area (Å²) < 4.78 is 0. The summed E-state index contributed by atoms with van der Waals surface area (Å²) in [5.74, 6) is 0.932. The van der Waals surface area contributed by atoms with Crippen LogP contribution in [0.25, 0.3) is 0 Å². The Morgan fingerprint density at radius 3 is 2.75 bits per heavy atom. The largest absolute Gasteiger partial charge is 0.357 e. The van der Waals surface area contributed by atoms with Gasteiger partial charge in [0, 0.05) is 37.1 Å². The summed E-state index contributed by atoms with van der Waals surface area (Å²) in [6.07, 6.45) is 8.08. The second-order valence-electron chi connectivity index (χ2n) is 6.06. The Labute approximate surface area is 167 Å². The van der Waals surface area contributed by atoms with Gasteiger partial charge >= 0.3 is 0 Å². The summed E-state index contributed by atoms with van der Waals surface area (Å²) in [5, 5.41) is 7.91. The van der Waals surface area contributed by atoms with Gasteiger partial charge in [0.1, 0.15) is 0 Å². The number of nitrogens with one attached hydrogen (secondary N) is 2. The van der Waals surface area contributed by atoms with Crippen LogP contribution in [0.4, 0.5) is 0 Å². The molecule has 0 aliphatic carbocycles. The summed E-state index contributed by atoms with van der Waals surface area (Å²) in [7, 11) is 0. The first-order valence-electron chi connectivity index (χ1n) is 8.94. The third-order valence-corrected chi connectivity index (χ3v) is 4.97. The topological polar surface area (TPSA) is 52.6 Å². The van der Waals surface area contributed by atoms with Crippen molar-refractivity contribution in [2.75, 3.05) is 39.3 Å². The predicted octanol–water partition coefficient (Wildman–Crippen LogP) is 3.04. The van der Waals surface area contributed by atoms with Crippen LogP contribution in [-0.2, 0) is 6.42 Å². The van der Waals surface area contributed by atoms with Gasteiger partial charge in [-0.25, -0.2) is 4.98 Å². The van der Waals surface area contributed by atoms with E-state index in [9.17, 15) is 0 Å². The molecule has 1 aliphatic rings. The molecule has 138 valence electrons. The Hall–Kier alpha value is -0.410. The highest BCUT2D eigenvalue weighted by molar-refractivity contribution is 14.0. The van der Waals surface area contributed by atoms with Crippen LogP contribution >= 0.6 is 35.3 Å². The first-order valence-corrected chi connectivity index (χ1v) is 9.75. The Morgan fingerprint density at radius 2 is 2.08 bits per heavy atom. The molecule has 0 unspecified atom stereocenters. The second kappa shape index (κ2) is 12.9. The molecule has 1 fully saturated rings. The maximum atomic E-state index is 4.67. The van der Waals surface area contributed by atoms with Gasteiger partial charge in [0.05, 0.1) is 5.01 Å². The van der Waals surface area contributed by atoms with Gasteiger partial charge in [0.25, 0.3) is 0 Å². The molecular weight excluding hydrogens is 433 g/mol. The van der Waals surface area contributed by atoms with Crippen LogP contribution in [0.2, 0.25) is 0 Å². The van der Waals surface area contributed by atoms with Crippen LogP contribution < -0.4 is 10.6 Å². The minimum Gasteiger partial charge on any atom is -0.357 e. The molecule has 1 aromatic heterocycles. The van der Waals surface area contributed by atoms with E-state index in [1.54, 1.807) is 11.3 Å². The van der Waals surface area contributed by atoms with Crippen molar-refractivity contribution in [2.24, 2.45) is 4.99 Å². The molecule has 0 radical (unpaired) electrons. The molecule has 0 bridgehead atoms. The van der Waals surface area contributed by atoms with Gasteiger partial charge in [-0.05, 0) is 59.2 Å². The first-order chi connectivity index (χ1) is 11.3. The summed E-state index contributed by atoms with van der Waals surface area (Å²) >= 11 is 1.77. The molecule has 1 saturated heterocycles. The van der Waals surface area contributed by atoms with Gasteiger partial charge < -0.3 is 15.5 Å². The summed E-state index contributed by atoms with van der Waals surface area (Å²) in [5.41, 5.74) is 0. The fourth-order valence-electron chi connectivity index (χ4n) is 2.79. The number of rotatable bonds is 9. The molecular formula is C17H32IN5S. The molecule has 1 aromatic rings. The number of aromatic nitrogens is 1. The van der Waals surface area contributed by atoms with Crippen molar-refractivity contribution in [1.82, 2.24) is 20.5 Å². The van der Waals surface area contributed by atoms with E-state index in [0.717, 1.165) is 32.0 Å². The van der Waals surface area contributed by atoms with Crippen LogP contribution in [-0.4, -0.2) is 55.1 Å². The number of thiazole rings is 1. The number of guanidine groups is 1. The molecule has 2 rings (SSSR count). The first kappa shape index (κ1) is 21.6. The minimum absolute atomic E-state index is 0. The number of hydrogen-bond donors (Lipinski definition) is 2. The van der Waals surface area contributed by atoms with Crippen molar-refractivity contribution in [3.05, 3.63) is 16.1 Å². The van der Waals surface area contributed by atoms with E-state index in [-0.39, 0.29) is 24.0 Å². The number of aliphatic imine (C=N–C) groups is 1. The SMILES string of the molecule is CCNC(=NCCCCN1CCCC1)NCCc1ncc(C)s1.I. The number of halogens is 1. The van der Waals surface area contributed by atoms with E-state index in [2.05, 4.69) is 39.4 Å². The Balaban J connectivity index is 0.00000288. The van der Waals surface area contributed by atoms with E-state index in [1.807, 2.05) is 6.20 Å². The van der Waals surface area contributed by atoms with Crippen LogP contribution in [0.3, 0.4) is 0 Å². The quantitative estimate of drug-likeness (QED) is 0.255. The highest BCUT2D eigenvalue weighted by Gasteiger charge is 2.09. The molecule has 24 heavy (non-hydrogen) atoms. The van der Waals surface area contributed by atoms with Gasteiger partial charge in [0.2, 0.25) is 0 Å². The van der Waals surface area contributed by atoms with Crippen molar-refractivity contribution in [1.29, 1.82) is 0 Å². The van der Waals surface area contributed by atoms with Crippen LogP contribution in [0.15, 0.2) is 11.2 Å². The van der Waals surface area contributed by atoms with Gasteiger partial charge in [-0.2, -0.15) is 0 Å². The number of aryl methyl sites for hydroxylation is 1. The highest BCUT2D eigenvalue weighted by atomic mass is 127. The standard InChI is InChI=1S/C17H31N5S.HI/c1-3-18-17(20-10-8-16-21-14-15(2)23-16)19-9-4-5-11-22-12-6-7-13-22;/h14H,3-13H2,1-2H3,(H2,18,19,20);1H. The Bertz CT molecular complexity index is 471. The third-order valence-electron chi connectivity index (χ3n) is 4.00. The van der Waals surface area contributed by atoms with E-state index in [1.165, 1.54) is 55.2 Å². The average molecular weight is 465 g/mol. The molecule has 0 aromatic carbocycles. The zero-order valence-electron chi connectivity index (χ0n) is 15.0. The molecule has 0 amide bonds. The maximum Gasteiger partial charge on any atom is 0.191 e. The molecule has 0 saturated carbocycles. The highest BCUT2D eigenvalue weighted by Crippen LogP contribution is 2.11. The van der Waals surface area contributed by atoms with Gasteiger partial charge in [-0.15, -0.1) is 35.3 Å². The number of unbranched alkanes of at least 4 members (excludes halogenated alkanes) is 1. The lowest BCUT2D eigenvalue weighted by atomic mass is 10.3. The summed E-state index contributed by atoms with van der Waals surface area (Å²) in [6, 6.07) is 0. The van der Waals surface area contributed by atoms with Crippen molar-refractivity contribution >= 4 is 41.3 Å². The van der Waals surface area contributed by atoms with Crippen molar-refractivity contribution in [2.45, 2.75) is 46.0 Å². The summed E-state index contributed by atoms with van der Waals surface area (Å²) in [4.78, 5) is 12.9. The van der Waals surface area contributed by atoms with Gasteiger partial charge in [-0.1, -0.05) is 0 Å².